The smallest absolute Gasteiger partial charge is 0.309 e. The highest BCUT2D eigenvalue weighted by Crippen LogP contribution is 2.46. The summed E-state index contributed by atoms with van der Waals surface area (Å²) in [4.78, 5) is 11.8. The number of aliphatic carboxylic acids is 1. The molecule has 1 N–H and O–H groups in total. The van der Waals surface area contributed by atoms with Crippen LogP contribution in [-0.2, 0) is 4.79 Å². The molecule has 1 unspecified atom stereocenters. The summed E-state index contributed by atoms with van der Waals surface area (Å²) < 4.78 is 0. The van der Waals surface area contributed by atoms with Gasteiger partial charge in [0.2, 0.25) is 0 Å². The highest BCUT2D eigenvalue weighted by Gasteiger charge is 2.45. The van der Waals surface area contributed by atoms with Crippen molar-refractivity contribution in [3.63, 3.8) is 0 Å². The van der Waals surface area contributed by atoms with Gasteiger partial charge in [0.15, 0.2) is 0 Å². The monoisotopic (exact) mass is 240 g/mol. The largest absolute Gasteiger partial charge is 0.481 e. The van der Waals surface area contributed by atoms with Gasteiger partial charge in [-0.2, -0.15) is 0 Å². The molecular formula is C15H28O2. The third-order valence-corrected chi connectivity index (χ3v) is 4.54. The fourth-order valence-electron chi connectivity index (χ4n) is 3.66. The summed E-state index contributed by atoms with van der Waals surface area (Å²) in [5.74, 6) is 0.291. The van der Waals surface area contributed by atoms with Crippen LogP contribution in [0.3, 0.4) is 0 Å². The van der Waals surface area contributed by atoms with Crippen LogP contribution in [0.1, 0.15) is 72.1 Å². The Kier molecular flexibility index (Phi) is 5.48. The molecule has 100 valence electrons. The van der Waals surface area contributed by atoms with Gasteiger partial charge in [-0.25, -0.2) is 0 Å². The van der Waals surface area contributed by atoms with Crippen molar-refractivity contribution in [2.45, 2.75) is 72.1 Å². The van der Waals surface area contributed by atoms with E-state index >= 15 is 0 Å². The van der Waals surface area contributed by atoms with E-state index in [2.05, 4.69) is 20.8 Å². The highest BCUT2D eigenvalue weighted by atomic mass is 16.4. The molecule has 1 fully saturated rings. The second kappa shape index (κ2) is 6.42. The first-order valence-electron chi connectivity index (χ1n) is 7.28. The molecule has 2 heteroatoms. The summed E-state index contributed by atoms with van der Waals surface area (Å²) in [6.45, 7) is 6.55. The van der Waals surface area contributed by atoms with E-state index < -0.39 is 11.4 Å². The maximum absolute atomic E-state index is 11.8. The van der Waals surface area contributed by atoms with Gasteiger partial charge in [0.25, 0.3) is 0 Å². The van der Waals surface area contributed by atoms with Crippen LogP contribution in [0.5, 0.6) is 0 Å². The molecule has 17 heavy (non-hydrogen) atoms. The molecule has 0 radical (unpaired) electrons. The number of hydrogen-bond acceptors (Lipinski definition) is 1. The normalized spacial score (nSPS) is 22.1. The Labute approximate surface area is 106 Å². The Morgan fingerprint density at radius 3 is 2.06 bits per heavy atom. The van der Waals surface area contributed by atoms with Crippen LogP contribution in [0, 0.1) is 17.3 Å². The summed E-state index contributed by atoms with van der Waals surface area (Å²) in [5.41, 5.74) is -0.430. The van der Waals surface area contributed by atoms with Gasteiger partial charge in [-0.3, -0.25) is 4.79 Å². The van der Waals surface area contributed by atoms with Gasteiger partial charge in [0, 0.05) is 0 Å². The second-order valence-electron chi connectivity index (χ2n) is 6.01. The van der Waals surface area contributed by atoms with E-state index in [0.717, 1.165) is 38.5 Å². The topological polar surface area (TPSA) is 37.3 Å². The summed E-state index contributed by atoms with van der Waals surface area (Å²) in [6, 6.07) is 0. The van der Waals surface area contributed by atoms with E-state index in [1.165, 1.54) is 12.8 Å². The Morgan fingerprint density at radius 1 is 1.18 bits per heavy atom. The van der Waals surface area contributed by atoms with Crippen LogP contribution in [0.4, 0.5) is 0 Å². The lowest BCUT2D eigenvalue weighted by Gasteiger charge is -2.39. The predicted octanol–water partition coefficient (Wildman–Crippen LogP) is 4.48. The molecule has 2 nitrogen and oxygen atoms in total. The molecule has 0 aromatic heterocycles. The number of carboxylic acid groups (broad SMARTS) is 1. The van der Waals surface area contributed by atoms with Gasteiger partial charge in [-0.15, -0.1) is 0 Å². The standard InChI is InChI=1S/C15H28O2/c1-4-9-13(12(2)3)15(14(16)17)10-7-5-6-8-11-15/h12-13H,4-11H2,1-3H3,(H,16,17). The fraction of sp³-hybridized carbons (Fsp3) is 0.933. The van der Waals surface area contributed by atoms with Crippen LogP contribution in [0.15, 0.2) is 0 Å². The average Bonchev–Trinajstić information content (AvgIpc) is 2.51. The zero-order valence-electron chi connectivity index (χ0n) is 11.7. The lowest BCUT2D eigenvalue weighted by atomic mass is 9.64. The second-order valence-corrected chi connectivity index (χ2v) is 6.01. The maximum Gasteiger partial charge on any atom is 0.309 e. The Balaban J connectivity index is 2.97. The molecule has 0 aliphatic heterocycles. The molecular weight excluding hydrogens is 212 g/mol. The average molecular weight is 240 g/mol. The Bertz CT molecular complexity index is 237. The van der Waals surface area contributed by atoms with Crippen LogP contribution in [-0.4, -0.2) is 11.1 Å². The Morgan fingerprint density at radius 2 is 1.71 bits per heavy atom. The summed E-state index contributed by atoms with van der Waals surface area (Å²) >= 11 is 0. The quantitative estimate of drug-likeness (QED) is 0.719. The van der Waals surface area contributed by atoms with Crippen molar-refractivity contribution in [1.82, 2.24) is 0 Å². The van der Waals surface area contributed by atoms with E-state index in [1.54, 1.807) is 0 Å². The van der Waals surface area contributed by atoms with Crippen LogP contribution in [0.2, 0.25) is 0 Å². The number of carbonyl (C=O) groups is 1. The molecule has 0 heterocycles. The molecule has 0 aromatic carbocycles. The third kappa shape index (κ3) is 3.23. The third-order valence-electron chi connectivity index (χ3n) is 4.54. The first-order chi connectivity index (χ1) is 8.04. The number of rotatable bonds is 5. The van der Waals surface area contributed by atoms with E-state index in [4.69, 9.17) is 0 Å². The molecule has 1 saturated carbocycles. The first-order valence-corrected chi connectivity index (χ1v) is 7.28. The SMILES string of the molecule is CCCC(C(C)C)C1(C(=O)O)CCCCCC1. The first kappa shape index (κ1) is 14.5. The molecule has 0 saturated heterocycles. The van der Waals surface area contributed by atoms with Gasteiger partial charge >= 0.3 is 5.97 Å². The van der Waals surface area contributed by atoms with Crippen LogP contribution >= 0.6 is 0 Å². The van der Waals surface area contributed by atoms with E-state index in [1.807, 2.05) is 0 Å². The zero-order valence-corrected chi connectivity index (χ0v) is 11.7. The molecule has 1 aliphatic rings. The molecule has 1 atom stereocenters. The highest BCUT2D eigenvalue weighted by molar-refractivity contribution is 5.75. The maximum atomic E-state index is 11.8. The minimum Gasteiger partial charge on any atom is -0.481 e. The molecule has 0 bridgehead atoms. The van der Waals surface area contributed by atoms with E-state index in [9.17, 15) is 9.90 Å². The van der Waals surface area contributed by atoms with Crippen molar-refractivity contribution < 1.29 is 9.90 Å². The van der Waals surface area contributed by atoms with Gasteiger partial charge in [0.05, 0.1) is 5.41 Å². The van der Waals surface area contributed by atoms with Crippen LogP contribution in [0.25, 0.3) is 0 Å². The molecule has 0 aromatic rings. The minimum absolute atomic E-state index is 0.350. The number of carboxylic acids is 1. The lowest BCUT2D eigenvalue weighted by Crippen LogP contribution is -2.41. The summed E-state index contributed by atoms with van der Waals surface area (Å²) in [6.07, 6.45) is 8.56. The van der Waals surface area contributed by atoms with Crippen molar-refractivity contribution in [2.75, 3.05) is 0 Å². The lowest BCUT2D eigenvalue weighted by molar-refractivity contribution is -0.155. The van der Waals surface area contributed by atoms with Gasteiger partial charge < -0.3 is 5.11 Å². The molecule has 1 rings (SSSR count). The van der Waals surface area contributed by atoms with Gasteiger partial charge in [-0.1, -0.05) is 52.9 Å². The van der Waals surface area contributed by atoms with Crippen molar-refractivity contribution in [1.29, 1.82) is 0 Å². The zero-order chi connectivity index (χ0) is 12.9. The van der Waals surface area contributed by atoms with E-state index in [0.29, 0.717) is 11.8 Å². The summed E-state index contributed by atoms with van der Waals surface area (Å²) in [5, 5.41) is 9.76. The Hall–Kier alpha value is -0.530. The van der Waals surface area contributed by atoms with Crippen molar-refractivity contribution in [2.24, 2.45) is 17.3 Å². The molecule has 1 aliphatic carbocycles. The van der Waals surface area contributed by atoms with Crippen molar-refractivity contribution >= 4 is 5.97 Å². The molecule has 0 spiro atoms. The van der Waals surface area contributed by atoms with Crippen molar-refractivity contribution in [3.05, 3.63) is 0 Å². The van der Waals surface area contributed by atoms with Crippen LogP contribution < -0.4 is 0 Å². The minimum atomic E-state index is -0.536. The summed E-state index contributed by atoms with van der Waals surface area (Å²) in [7, 11) is 0. The van der Waals surface area contributed by atoms with Gasteiger partial charge in [-0.05, 0) is 31.1 Å². The van der Waals surface area contributed by atoms with Gasteiger partial charge in [0.1, 0.15) is 0 Å². The van der Waals surface area contributed by atoms with E-state index in [-0.39, 0.29) is 0 Å². The molecule has 0 amide bonds. The predicted molar refractivity (Wildman–Crippen MR) is 71.0 cm³/mol. The number of hydrogen-bond donors (Lipinski definition) is 1. The van der Waals surface area contributed by atoms with Crippen molar-refractivity contribution in [3.8, 4) is 0 Å². The fourth-order valence-corrected chi connectivity index (χ4v) is 3.66.